The summed E-state index contributed by atoms with van der Waals surface area (Å²) in [6, 6.07) is 12.1. The van der Waals surface area contributed by atoms with Gasteiger partial charge in [0.25, 0.3) is 0 Å². The van der Waals surface area contributed by atoms with Crippen LogP contribution in [-0.2, 0) is 21.3 Å². The largest absolute Gasteiger partial charge is 0.496 e. The van der Waals surface area contributed by atoms with Crippen LogP contribution in [0.15, 0.2) is 51.9 Å². The van der Waals surface area contributed by atoms with Gasteiger partial charge in [-0.25, -0.2) is 8.42 Å². The van der Waals surface area contributed by atoms with E-state index in [2.05, 4.69) is 15.5 Å². The molecule has 1 aliphatic rings. The summed E-state index contributed by atoms with van der Waals surface area (Å²) in [6.07, 6.45) is 0. The third-order valence-corrected chi connectivity index (χ3v) is 7.00. The molecule has 0 atom stereocenters. The maximum atomic E-state index is 13.1. The SMILES string of the molecule is CCOc1ccc(S(=O)(=O)N2CCOCC2)cc1NCc1nc(-c2ccccc2OC)no1. The van der Waals surface area contributed by atoms with Crippen LogP contribution in [-0.4, -0.2) is 62.9 Å². The summed E-state index contributed by atoms with van der Waals surface area (Å²) in [6.45, 7) is 3.89. The molecule has 10 nitrogen and oxygen atoms in total. The molecule has 1 saturated heterocycles. The first-order valence-electron chi connectivity index (χ1n) is 10.6. The molecule has 1 fully saturated rings. The van der Waals surface area contributed by atoms with E-state index in [9.17, 15) is 8.42 Å². The number of rotatable bonds is 9. The predicted molar refractivity (Wildman–Crippen MR) is 121 cm³/mol. The average Bonchev–Trinajstić information content (AvgIpc) is 3.33. The summed E-state index contributed by atoms with van der Waals surface area (Å²) in [4.78, 5) is 4.60. The van der Waals surface area contributed by atoms with Crippen LogP contribution in [0.2, 0.25) is 0 Å². The summed E-state index contributed by atoms with van der Waals surface area (Å²) < 4.78 is 49.2. The Labute approximate surface area is 192 Å². The van der Waals surface area contributed by atoms with E-state index in [1.54, 1.807) is 25.3 Å². The van der Waals surface area contributed by atoms with E-state index in [0.29, 0.717) is 67.4 Å². The quantitative estimate of drug-likeness (QED) is 0.500. The Hall–Kier alpha value is -3.15. The molecule has 11 heteroatoms. The van der Waals surface area contributed by atoms with Crippen molar-refractivity contribution < 1.29 is 27.2 Å². The minimum atomic E-state index is -3.65. The van der Waals surface area contributed by atoms with Crippen molar-refractivity contribution in [2.24, 2.45) is 0 Å². The van der Waals surface area contributed by atoms with Gasteiger partial charge in [-0.3, -0.25) is 0 Å². The summed E-state index contributed by atoms with van der Waals surface area (Å²) in [7, 11) is -2.07. The minimum Gasteiger partial charge on any atom is -0.496 e. The number of methoxy groups -OCH3 is 1. The molecule has 0 unspecified atom stereocenters. The number of para-hydroxylation sites is 1. The molecular formula is C22H26N4O6S. The second kappa shape index (κ2) is 10.2. The number of hydrogen-bond donors (Lipinski definition) is 1. The Morgan fingerprint density at radius 3 is 2.67 bits per heavy atom. The fourth-order valence-corrected chi connectivity index (χ4v) is 4.90. The van der Waals surface area contributed by atoms with E-state index >= 15 is 0 Å². The summed E-state index contributed by atoms with van der Waals surface area (Å²) in [5, 5.41) is 7.20. The summed E-state index contributed by atoms with van der Waals surface area (Å²) >= 11 is 0. The van der Waals surface area contributed by atoms with Crippen LogP contribution in [0.5, 0.6) is 11.5 Å². The Bertz CT molecular complexity index is 1190. The number of ether oxygens (including phenoxy) is 3. The Kier molecular flexibility index (Phi) is 7.11. The second-order valence-electron chi connectivity index (χ2n) is 7.17. The van der Waals surface area contributed by atoms with Gasteiger partial charge >= 0.3 is 0 Å². The summed E-state index contributed by atoms with van der Waals surface area (Å²) in [5.41, 5.74) is 1.23. The number of benzene rings is 2. The van der Waals surface area contributed by atoms with E-state index in [1.807, 2.05) is 31.2 Å². The van der Waals surface area contributed by atoms with Gasteiger partial charge < -0.3 is 24.1 Å². The predicted octanol–water partition coefficient (Wildman–Crippen LogP) is 2.78. The lowest BCUT2D eigenvalue weighted by molar-refractivity contribution is 0.0730. The highest BCUT2D eigenvalue weighted by molar-refractivity contribution is 7.89. The van der Waals surface area contributed by atoms with Crippen LogP contribution >= 0.6 is 0 Å². The fraction of sp³-hybridized carbons (Fsp3) is 0.364. The van der Waals surface area contributed by atoms with Gasteiger partial charge in [0.05, 0.1) is 49.6 Å². The van der Waals surface area contributed by atoms with Gasteiger partial charge in [0, 0.05) is 13.1 Å². The van der Waals surface area contributed by atoms with Crippen molar-refractivity contribution in [2.45, 2.75) is 18.4 Å². The zero-order valence-electron chi connectivity index (χ0n) is 18.5. The van der Waals surface area contributed by atoms with Crippen molar-refractivity contribution in [1.29, 1.82) is 0 Å². The maximum Gasteiger partial charge on any atom is 0.246 e. The lowest BCUT2D eigenvalue weighted by Crippen LogP contribution is -2.40. The number of aromatic nitrogens is 2. The van der Waals surface area contributed by atoms with E-state index in [-0.39, 0.29) is 11.4 Å². The van der Waals surface area contributed by atoms with Crippen LogP contribution in [0.1, 0.15) is 12.8 Å². The molecule has 4 rings (SSSR count). The fourth-order valence-electron chi connectivity index (χ4n) is 3.46. The van der Waals surface area contributed by atoms with Gasteiger partial charge in [-0.05, 0) is 37.3 Å². The zero-order chi connectivity index (χ0) is 23.3. The third kappa shape index (κ3) is 5.10. The molecule has 2 heterocycles. The molecule has 0 radical (unpaired) electrons. The molecule has 0 saturated carbocycles. The van der Waals surface area contributed by atoms with E-state index in [1.165, 1.54) is 4.31 Å². The van der Waals surface area contributed by atoms with Crippen LogP contribution in [0.4, 0.5) is 5.69 Å². The molecule has 0 aliphatic carbocycles. The second-order valence-corrected chi connectivity index (χ2v) is 9.11. The topological polar surface area (TPSA) is 116 Å². The number of nitrogens with zero attached hydrogens (tertiary/aromatic N) is 3. The molecule has 0 bridgehead atoms. The van der Waals surface area contributed by atoms with Gasteiger partial charge in [0.2, 0.25) is 21.7 Å². The standard InChI is InChI=1S/C22H26N4O6S/c1-3-31-20-9-8-16(33(27,28)26-10-12-30-13-11-26)14-18(20)23-15-21-24-22(25-32-21)17-6-4-5-7-19(17)29-2/h4-9,14,23H,3,10-13,15H2,1-2H3. The lowest BCUT2D eigenvalue weighted by Gasteiger charge is -2.26. The van der Waals surface area contributed by atoms with Crippen molar-refractivity contribution in [3.8, 4) is 22.9 Å². The van der Waals surface area contributed by atoms with Gasteiger partial charge in [-0.2, -0.15) is 9.29 Å². The van der Waals surface area contributed by atoms with Crippen LogP contribution in [0.3, 0.4) is 0 Å². The highest BCUT2D eigenvalue weighted by Crippen LogP contribution is 2.31. The maximum absolute atomic E-state index is 13.1. The molecular weight excluding hydrogens is 448 g/mol. The molecule has 3 aromatic rings. The van der Waals surface area contributed by atoms with Gasteiger partial charge in [-0.15, -0.1) is 0 Å². The number of sulfonamides is 1. The first kappa shape index (κ1) is 23.0. The minimum absolute atomic E-state index is 0.176. The van der Waals surface area contributed by atoms with Crippen LogP contribution < -0.4 is 14.8 Å². The van der Waals surface area contributed by atoms with Gasteiger partial charge in [0.15, 0.2) is 0 Å². The number of nitrogens with one attached hydrogen (secondary N) is 1. The highest BCUT2D eigenvalue weighted by Gasteiger charge is 2.27. The molecule has 1 aliphatic heterocycles. The Balaban J connectivity index is 1.55. The zero-order valence-corrected chi connectivity index (χ0v) is 19.3. The molecule has 1 N–H and O–H groups in total. The molecule has 2 aromatic carbocycles. The van der Waals surface area contributed by atoms with Crippen LogP contribution in [0, 0.1) is 0 Å². The third-order valence-electron chi connectivity index (χ3n) is 5.10. The Morgan fingerprint density at radius 2 is 1.91 bits per heavy atom. The van der Waals surface area contributed by atoms with E-state index in [4.69, 9.17) is 18.7 Å². The molecule has 176 valence electrons. The summed E-state index contributed by atoms with van der Waals surface area (Å²) in [5.74, 6) is 1.90. The van der Waals surface area contributed by atoms with E-state index in [0.717, 1.165) is 0 Å². The number of anilines is 1. The van der Waals surface area contributed by atoms with Gasteiger partial charge in [-0.1, -0.05) is 17.3 Å². The average molecular weight is 475 g/mol. The first-order chi connectivity index (χ1) is 16.0. The van der Waals surface area contributed by atoms with Crippen molar-refractivity contribution in [2.75, 3.05) is 45.3 Å². The molecule has 0 amide bonds. The first-order valence-corrected chi connectivity index (χ1v) is 12.0. The smallest absolute Gasteiger partial charge is 0.246 e. The Morgan fingerprint density at radius 1 is 1.12 bits per heavy atom. The number of hydrogen-bond acceptors (Lipinski definition) is 9. The van der Waals surface area contributed by atoms with E-state index < -0.39 is 10.0 Å². The normalized spacial score (nSPS) is 14.7. The van der Waals surface area contributed by atoms with Crippen molar-refractivity contribution in [1.82, 2.24) is 14.4 Å². The van der Waals surface area contributed by atoms with Gasteiger partial charge in [0.1, 0.15) is 11.5 Å². The molecule has 33 heavy (non-hydrogen) atoms. The number of morpholine rings is 1. The van der Waals surface area contributed by atoms with Crippen molar-refractivity contribution >= 4 is 15.7 Å². The van der Waals surface area contributed by atoms with Crippen molar-refractivity contribution in [3.05, 3.63) is 48.4 Å². The lowest BCUT2D eigenvalue weighted by atomic mass is 10.2. The van der Waals surface area contributed by atoms with Crippen molar-refractivity contribution in [3.63, 3.8) is 0 Å². The molecule has 1 aromatic heterocycles. The highest BCUT2D eigenvalue weighted by atomic mass is 32.2. The monoisotopic (exact) mass is 474 g/mol. The van der Waals surface area contributed by atoms with Crippen LogP contribution in [0.25, 0.3) is 11.4 Å². The molecule has 0 spiro atoms.